The second-order valence-corrected chi connectivity index (χ2v) is 6.31. The van der Waals surface area contributed by atoms with Crippen LogP contribution >= 0.6 is 0 Å². The standard InChI is InChI=1S/C16H28N2O2/c1-6-9-13(17-15(19)20-16(3,4)5)12-18-11-8-10-14(18)7-2/h6-7,13-14H,1-2,8-12H2,3-5H3,(H,17,19). The van der Waals surface area contributed by atoms with E-state index >= 15 is 0 Å². The summed E-state index contributed by atoms with van der Waals surface area (Å²) < 4.78 is 5.31. The highest BCUT2D eigenvalue weighted by molar-refractivity contribution is 5.68. The van der Waals surface area contributed by atoms with Crippen molar-refractivity contribution < 1.29 is 9.53 Å². The lowest BCUT2D eigenvalue weighted by atomic mass is 10.1. The molecule has 114 valence electrons. The van der Waals surface area contributed by atoms with E-state index in [-0.39, 0.29) is 12.1 Å². The zero-order valence-electron chi connectivity index (χ0n) is 13.0. The van der Waals surface area contributed by atoms with Crippen LogP contribution in [0.5, 0.6) is 0 Å². The first-order valence-corrected chi connectivity index (χ1v) is 7.32. The molecule has 0 aliphatic carbocycles. The number of nitrogens with zero attached hydrogens (tertiary/aromatic N) is 1. The Kier molecular flexibility index (Phi) is 6.27. The molecule has 0 aromatic carbocycles. The summed E-state index contributed by atoms with van der Waals surface area (Å²) >= 11 is 0. The van der Waals surface area contributed by atoms with Gasteiger partial charge in [0.05, 0.1) is 0 Å². The fourth-order valence-corrected chi connectivity index (χ4v) is 2.48. The molecular formula is C16H28N2O2. The van der Waals surface area contributed by atoms with Gasteiger partial charge in [-0.05, 0) is 46.6 Å². The Balaban J connectivity index is 2.53. The summed E-state index contributed by atoms with van der Waals surface area (Å²) in [6.07, 6.45) is 6.53. The van der Waals surface area contributed by atoms with E-state index in [1.165, 1.54) is 6.42 Å². The minimum absolute atomic E-state index is 0.0305. The monoisotopic (exact) mass is 280 g/mol. The van der Waals surface area contributed by atoms with E-state index in [2.05, 4.69) is 23.4 Å². The molecule has 4 nitrogen and oxygen atoms in total. The fraction of sp³-hybridized carbons (Fsp3) is 0.688. The molecule has 1 heterocycles. The maximum Gasteiger partial charge on any atom is 0.407 e. The number of hydrogen-bond acceptors (Lipinski definition) is 3. The van der Waals surface area contributed by atoms with Crippen molar-refractivity contribution in [3.8, 4) is 0 Å². The average molecular weight is 280 g/mol. The minimum atomic E-state index is -0.472. The fourth-order valence-electron chi connectivity index (χ4n) is 2.48. The van der Waals surface area contributed by atoms with E-state index in [0.717, 1.165) is 25.9 Å². The van der Waals surface area contributed by atoms with Gasteiger partial charge in [-0.1, -0.05) is 12.2 Å². The Hall–Kier alpha value is -1.29. The SMILES string of the molecule is C=CCC(CN1CCCC1C=C)NC(=O)OC(C)(C)C. The zero-order chi connectivity index (χ0) is 15.2. The number of hydrogen-bond donors (Lipinski definition) is 1. The lowest BCUT2D eigenvalue weighted by Crippen LogP contribution is -2.46. The molecule has 1 aliphatic rings. The van der Waals surface area contributed by atoms with Crippen LogP contribution in [0.3, 0.4) is 0 Å². The van der Waals surface area contributed by atoms with Crippen molar-refractivity contribution in [1.82, 2.24) is 10.2 Å². The maximum atomic E-state index is 11.9. The molecule has 1 aliphatic heterocycles. The van der Waals surface area contributed by atoms with E-state index in [1.807, 2.05) is 32.9 Å². The number of carbonyl (C=O) groups is 1. The van der Waals surface area contributed by atoms with Gasteiger partial charge in [0.25, 0.3) is 0 Å². The number of amides is 1. The van der Waals surface area contributed by atoms with Gasteiger partial charge < -0.3 is 10.1 Å². The third-order valence-electron chi connectivity index (χ3n) is 3.31. The smallest absolute Gasteiger partial charge is 0.407 e. The summed E-state index contributed by atoms with van der Waals surface area (Å²) in [6.45, 7) is 15.1. The molecule has 0 aromatic rings. The molecule has 0 radical (unpaired) electrons. The first-order valence-electron chi connectivity index (χ1n) is 7.32. The topological polar surface area (TPSA) is 41.6 Å². The number of ether oxygens (including phenoxy) is 1. The summed E-state index contributed by atoms with van der Waals surface area (Å²) in [5.41, 5.74) is -0.472. The highest BCUT2D eigenvalue weighted by Gasteiger charge is 2.26. The molecule has 0 aromatic heterocycles. The molecule has 1 saturated heterocycles. The van der Waals surface area contributed by atoms with Crippen molar-refractivity contribution in [1.29, 1.82) is 0 Å². The lowest BCUT2D eigenvalue weighted by molar-refractivity contribution is 0.0492. The van der Waals surface area contributed by atoms with Crippen molar-refractivity contribution >= 4 is 6.09 Å². The van der Waals surface area contributed by atoms with Gasteiger partial charge in [0.1, 0.15) is 5.60 Å². The molecule has 2 unspecified atom stereocenters. The second kappa shape index (κ2) is 7.48. The Morgan fingerprint density at radius 3 is 2.75 bits per heavy atom. The van der Waals surface area contributed by atoms with Crippen molar-refractivity contribution in [2.75, 3.05) is 13.1 Å². The summed E-state index contributed by atoms with van der Waals surface area (Å²) in [4.78, 5) is 14.2. The number of alkyl carbamates (subject to hydrolysis) is 1. The van der Waals surface area contributed by atoms with E-state index in [1.54, 1.807) is 0 Å². The van der Waals surface area contributed by atoms with Crippen LogP contribution in [-0.4, -0.2) is 41.8 Å². The number of rotatable bonds is 6. The molecule has 20 heavy (non-hydrogen) atoms. The van der Waals surface area contributed by atoms with E-state index in [0.29, 0.717) is 6.04 Å². The minimum Gasteiger partial charge on any atom is -0.444 e. The predicted molar refractivity (Wildman–Crippen MR) is 82.8 cm³/mol. The Labute approximate surface area is 122 Å². The van der Waals surface area contributed by atoms with Crippen molar-refractivity contribution in [2.24, 2.45) is 0 Å². The van der Waals surface area contributed by atoms with Gasteiger partial charge >= 0.3 is 6.09 Å². The summed E-state index contributed by atoms with van der Waals surface area (Å²) in [7, 11) is 0. The number of carbonyl (C=O) groups excluding carboxylic acids is 1. The van der Waals surface area contributed by atoms with Crippen LogP contribution in [0.25, 0.3) is 0 Å². The van der Waals surface area contributed by atoms with Crippen LogP contribution < -0.4 is 5.32 Å². The van der Waals surface area contributed by atoms with Crippen LogP contribution in [0.1, 0.15) is 40.0 Å². The van der Waals surface area contributed by atoms with Crippen LogP contribution in [-0.2, 0) is 4.74 Å². The van der Waals surface area contributed by atoms with Gasteiger partial charge in [0.2, 0.25) is 0 Å². The third-order valence-corrected chi connectivity index (χ3v) is 3.31. The number of nitrogens with one attached hydrogen (secondary N) is 1. The molecule has 1 fully saturated rings. The Morgan fingerprint density at radius 1 is 1.50 bits per heavy atom. The second-order valence-electron chi connectivity index (χ2n) is 6.31. The highest BCUT2D eigenvalue weighted by Crippen LogP contribution is 2.18. The van der Waals surface area contributed by atoms with Gasteiger partial charge in [-0.3, -0.25) is 4.90 Å². The van der Waals surface area contributed by atoms with E-state index < -0.39 is 5.60 Å². The zero-order valence-corrected chi connectivity index (χ0v) is 13.0. The van der Waals surface area contributed by atoms with Crippen LogP contribution in [0.2, 0.25) is 0 Å². The Bertz CT molecular complexity index is 347. The molecule has 1 N–H and O–H groups in total. The molecule has 0 spiro atoms. The molecule has 0 bridgehead atoms. The first kappa shape index (κ1) is 16.8. The molecule has 1 amide bonds. The van der Waals surface area contributed by atoms with Crippen LogP contribution in [0.15, 0.2) is 25.3 Å². The maximum absolute atomic E-state index is 11.9. The molecule has 4 heteroatoms. The van der Waals surface area contributed by atoms with Gasteiger partial charge in [-0.2, -0.15) is 0 Å². The van der Waals surface area contributed by atoms with Gasteiger partial charge in [0.15, 0.2) is 0 Å². The van der Waals surface area contributed by atoms with Crippen molar-refractivity contribution in [3.05, 3.63) is 25.3 Å². The predicted octanol–water partition coefficient (Wildman–Crippen LogP) is 3.11. The molecule has 0 saturated carbocycles. The molecule has 2 atom stereocenters. The normalized spacial score (nSPS) is 21.2. The summed E-state index contributed by atoms with van der Waals surface area (Å²) in [6, 6.07) is 0.450. The molecular weight excluding hydrogens is 252 g/mol. The average Bonchev–Trinajstić information content (AvgIpc) is 2.73. The van der Waals surface area contributed by atoms with Crippen LogP contribution in [0.4, 0.5) is 4.79 Å². The summed E-state index contributed by atoms with van der Waals surface area (Å²) in [5.74, 6) is 0. The third kappa shape index (κ3) is 5.78. The van der Waals surface area contributed by atoms with Gasteiger partial charge in [0, 0.05) is 18.6 Å². The Morgan fingerprint density at radius 2 is 2.20 bits per heavy atom. The largest absolute Gasteiger partial charge is 0.444 e. The van der Waals surface area contributed by atoms with Crippen molar-refractivity contribution in [2.45, 2.75) is 57.7 Å². The van der Waals surface area contributed by atoms with Gasteiger partial charge in [-0.25, -0.2) is 4.79 Å². The number of likely N-dealkylation sites (tertiary alicyclic amines) is 1. The lowest BCUT2D eigenvalue weighted by Gasteiger charge is -2.28. The summed E-state index contributed by atoms with van der Waals surface area (Å²) in [5, 5.41) is 2.94. The molecule has 1 rings (SSSR count). The first-order chi connectivity index (χ1) is 9.35. The van der Waals surface area contributed by atoms with Crippen LogP contribution in [0, 0.1) is 0 Å². The highest BCUT2D eigenvalue weighted by atomic mass is 16.6. The quantitative estimate of drug-likeness (QED) is 0.760. The van der Waals surface area contributed by atoms with E-state index in [9.17, 15) is 4.79 Å². The van der Waals surface area contributed by atoms with Crippen molar-refractivity contribution in [3.63, 3.8) is 0 Å². The van der Waals surface area contributed by atoms with Gasteiger partial charge in [-0.15, -0.1) is 13.2 Å². The van der Waals surface area contributed by atoms with E-state index in [4.69, 9.17) is 4.74 Å².